The van der Waals surface area contributed by atoms with Crippen LogP contribution < -0.4 is 0 Å². The molecule has 0 unspecified atom stereocenters. The molecule has 1 N–H and O–H groups in total. The maximum absolute atomic E-state index is 12.7. The van der Waals surface area contributed by atoms with Crippen LogP contribution in [0.2, 0.25) is 0 Å². The van der Waals surface area contributed by atoms with Crippen LogP contribution in [-0.4, -0.2) is 41.5 Å². The zero-order valence-electron chi connectivity index (χ0n) is 11.7. The summed E-state index contributed by atoms with van der Waals surface area (Å²) in [6.07, 6.45) is 1.02. The van der Waals surface area contributed by atoms with Crippen molar-refractivity contribution in [3.05, 3.63) is 11.5 Å². The molecule has 2 heterocycles. The first-order valence-electron chi connectivity index (χ1n) is 6.44. The number of aliphatic carboxylic acids is 1. The molecule has 0 saturated carbocycles. The molecule has 2 rings (SSSR count). The maximum atomic E-state index is 12.7. The van der Waals surface area contributed by atoms with Crippen molar-refractivity contribution in [3.8, 4) is 0 Å². The highest BCUT2D eigenvalue weighted by Gasteiger charge is 2.41. The lowest BCUT2D eigenvalue weighted by Gasteiger charge is -2.36. The third-order valence-electron chi connectivity index (χ3n) is 3.78. The maximum Gasteiger partial charge on any atom is 0.308 e. The van der Waals surface area contributed by atoms with Crippen LogP contribution in [0.3, 0.4) is 0 Å². The van der Waals surface area contributed by atoms with Crippen LogP contribution in [-0.2, 0) is 14.8 Å². The third kappa shape index (κ3) is 2.33. The largest absolute Gasteiger partial charge is 0.481 e. The number of hydrogen-bond acceptors (Lipinski definition) is 5. The highest BCUT2D eigenvalue weighted by molar-refractivity contribution is 7.89. The summed E-state index contributed by atoms with van der Waals surface area (Å²) in [6.45, 7) is 5.05. The van der Waals surface area contributed by atoms with E-state index in [9.17, 15) is 18.3 Å². The van der Waals surface area contributed by atoms with Gasteiger partial charge in [0.1, 0.15) is 10.6 Å². The summed E-state index contributed by atoms with van der Waals surface area (Å²) in [7, 11) is -3.78. The van der Waals surface area contributed by atoms with E-state index < -0.39 is 28.0 Å². The van der Waals surface area contributed by atoms with Gasteiger partial charge in [-0.15, -0.1) is 0 Å². The number of rotatable bonds is 3. The quantitative estimate of drug-likeness (QED) is 0.899. The number of nitrogens with zero attached hydrogens (tertiary/aromatic N) is 2. The average molecular weight is 302 g/mol. The van der Waals surface area contributed by atoms with Gasteiger partial charge >= 0.3 is 5.97 Å². The van der Waals surface area contributed by atoms with Crippen molar-refractivity contribution in [2.45, 2.75) is 44.6 Å². The van der Waals surface area contributed by atoms with E-state index in [1.165, 1.54) is 11.2 Å². The molecular formula is C12H18N2O5S. The minimum atomic E-state index is -3.78. The Kier molecular flexibility index (Phi) is 3.88. The zero-order chi connectivity index (χ0) is 15.1. The second-order valence-corrected chi connectivity index (χ2v) is 6.92. The number of carbonyl (C=O) groups is 1. The van der Waals surface area contributed by atoms with Crippen molar-refractivity contribution in [3.63, 3.8) is 0 Å². The van der Waals surface area contributed by atoms with Crippen LogP contribution in [0.25, 0.3) is 0 Å². The first kappa shape index (κ1) is 15.0. The van der Waals surface area contributed by atoms with Gasteiger partial charge in [0.25, 0.3) is 0 Å². The fourth-order valence-corrected chi connectivity index (χ4v) is 4.74. The molecule has 1 aromatic rings. The van der Waals surface area contributed by atoms with Gasteiger partial charge in [-0.3, -0.25) is 4.79 Å². The number of sulfonamides is 1. The van der Waals surface area contributed by atoms with Crippen molar-refractivity contribution in [1.29, 1.82) is 0 Å². The van der Waals surface area contributed by atoms with Gasteiger partial charge in [-0.2, -0.15) is 4.31 Å². The third-order valence-corrected chi connectivity index (χ3v) is 6.01. The Labute approximate surface area is 117 Å². The SMILES string of the molecule is Cc1noc(C)c1S(=O)(=O)N1CCC[C@@H](C(=O)O)[C@H]1C. The molecule has 0 amide bonds. The molecule has 8 heteroatoms. The summed E-state index contributed by atoms with van der Waals surface area (Å²) in [4.78, 5) is 11.3. The van der Waals surface area contributed by atoms with Gasteiger partial charge in [0, 0.05) is 12.6 Å². The van der Waals surface area contributed by atoms with E-state index in [2.05, 4.69) is 5.16 Å². The van der Waals surface area contributed by atoms with Crippen LogP contribution in [0.4, 0.5) is 0 Å². The number of aryl methyl sites for hydroxylation is 2. The molecule has 0 aromatic carbocycles. The molecule has 1 aromatic heterocycles. The number of aromatic nitrogens is 1. The Bertz CT molecular complexity index is 602. The Morgan fingerprint density at radius 2 is 2.10 bits per heavy atom. The molecule has 1 aliphatic heterocycles. The Morgan fingerprint density at radius 3 is 2.60 bits per heavy atom. The molecule has 7 nitrogen and oxygen atoms in total. The van der Waals surface area contributed by atoms with Crippen molar-refractivity contribution >= 4 is 16.0 Å². The van der Waals surface area contributed by atoms with Crippen molar-refractivity contribution in [2.24, 2.45) is 5.92 Å². The number of hydrogen-bond donors (Lipinski definition) is 1. The summed E-state index contributed by atoms with van der Waals surface area (Å²) in [5.74, 6) is -1.41. The van der Waals surface area contributed by atoms with Crippen molar-refractivity contribution in [1.82, 2.24) is 9.46 Å². The summed E-state index contributed by atoms with van der Waals surface area (Å²) < 4.78 is 31.6. The Hall–Kier alpha value is -1.41. The van der Waals surface area contributed by atoms with Crippen LogP contribution in [0.5, 0.6) is 0 Å². The second-order valence-electron chi connectivity index (χ2n) is 5.10. The van der Waals surface area contributed by atoms with Crippen molar-refractivity contribution < 1.29 is 22.8 Å². The van der Waals surface area contributed by atoms with E-state index in [-0.39, 0.29) is 10.7 Å². The monoisotopic (exact) mass is 302 g/mol. The first-order chi connectivity index (χ1) is 9.26. The summed E-state index contributed by atoms with van der Waals surface area (Å²) in [5, 5.41) is 12.8. The number of piperidine rings is 1. The molecule has 0 spiro atoms. The molecule has 2 atom stereocenters. The standard InChI is InChI=1S/C12H18N2O5S/c1-7-11(9(3)19-13-7)20(17,18)14-6-4-5-10(8(14)2)12(15)16/h8,10H,4-6H2,1-3H3,(H,15,16)/t8-,10-/m1/s1. The minimum Gasteiger partial charge on any atom is -0.481 e. The van der Waals surface area contributed by atoms with Gasteiger partial charge in [0.15, 0.2) is 5.76 Å². The Morgan fingerprint density at radius 1 is 1.45 bits per heavy atom. The smallest absolute Gasteiger partial charge is 0.308 e. The predicted molar refractivity (Wildman–Crippen MR) is 69.7 cm³/mol. The molecule has 0 radical (unpaired) electrons. The molecule has 112 valence electrons. The number of carboxylic acid groups (broad SMARTS) is 1. The van der Waals surface area contributed by atoms with Crippen molar-refractivity contribution in [2.75, 3.05) is 6.54 Å². The molecule has 1 fully saturated rings. The van der Waals surface area contributed by atoms with Gasteiger partial charge in [-0.25, -0.2) is 8.42 Å². The van der Waals surface area contributed by atoms with Gasteiger partial charge in [0.2, 0.25) is 10.0 Å². The number of carboxylic acids is 1. The van der Waals surface area contributed by atoms with Gasteiger partial charge in [-0.05, 0) is 33.6 Å². The van der Waals surface area contributed by atoms with Crippen LogP contribution in [0, 0.1) is 19.8 Å². The van der Waals surface area contributed by atoms with Gasteiger partial charge in [0.05, 0.1) is 5.92 Å². The lowest BCUT2D eigenvalue weighted by molar-refractivity contribution is -0.144. The zero-order valence-corrected chi connectivity index (χ0v) is 12.5. The first-order valence-corrected chi connectivity index (χ1v) is 7.88. The molecular weight excluding hydrogens is 284 g/mol. The van der Waals surface area contributed by atoms with E-state index in [0.29, 0.717) is 25.1 Å². The molecule has 20 heavy (non-hydrogen) atoms. The van der Waals surface area contributed by atoms with E-state index in [4.69, 9.17) is 4.52 Å². The van der Waals surface area contributed by atoms with Crippen LogP contribution >= 0.6 is 0 Å². The second kappa shape index (κ2) is 5.17. The van der Waals surface area contributed by atoms with Crippen LogP contribution in [0.15, 0.2) is 9.42 Å². The average Bonchev–Trinajstić information content (AvgIpc) is 2.69. The highest BCUT2D eigenvalue weighted by Crippen LogP contribution is 2.31. The topological polar surface area (TPSA) is 101 Å². The van der Waals surface area contributed by atoms with Gasteiger partial charge < -0.3 is 9.63 Å². The lowest BCUT2D eigenvalue weighted by atomic mass is 9.92. The van der Waals surface area contributed by atoms with E-state index in [1.807, 2.05) is 0 Å². The lowest BCUT2D eigenvalue weighted by Crippen LogP contribution is -2.49. The van der Waals surface area contributed by atoms with Crippen LogP contribution in [0.1, 0.15) is 31.2 Å². The summed E-state index contributed by atoms with van der Waals surface area (Å²) in [6, 6.07) is -0.583. The van der Waals surface area contributed by atoms with E-state index in [0.717, 1.165) is 0 Å². The molecule has 1 aliphatic rings. The molecule has 0 aliphatic carbocycles. The predicted octanol–water partition coefficient (Wildman–Crippen LogP) is 1.17. The Balaban J connectivity index is 2.42. The summed E-state index contributed by atoms with van der Waals surface area (Å²) in [5.41, 5.74) is 0.298. The van der Waals surface area contributed by atoms with Gasteiger partial charge in [-0.1, -0.05) is 5.16 Å². The highest BCUT2D eigenvalue weighted by atomic mass is 32.2. The fourth-order valence-electron chi connectivity index (χ4n) is 2.74. The minimum absolute atomic E-state index is 0.0513. The van der Waals surface area contributed by atoms with E-state index in [1.54, 1.807) is 13.8 Å². The molecule has 1 saturated heterocycles. The fraction of sp³-hybridized carbons (Fsp3) is 0.667. The summed E-state index contributed by atoms with van der Waals surface area (Å²) >= 11 is 0. The van der Waals surface area contributed by atoms with E-state index >= 15 is 0 Å². The molecule has 0 bridgehead atoms. The normalized spacial score (nSPS) is 24.8.